The molecule has 0 radical (unpaired) electrons. The van der Waals surface area contributed by atoms with Crippen LogP contribution in [0.3, 0.4) is 0 Å². The Morgan fingerprint density at radius 3 is 2.32 bits per heavy atom. The quantitative estimate of drug-likeness (QED) is 0.831. The number of aryl methyl sites for hydroxylation is 1. The van der Waals surface area contributed by atoms with E-state index in [1.807, 2.05) is 0 Å². The highest BCUT2D eigenvalue weighted by Crippen LogP contribution is 2.14. The van der Waals surface area contributed by atoms with Crippen molar-refractivity contribution in [3.63, 3.8) is 0 Å². The highest BCUT2D eigenvalue weighted by Gasteiger charge is 2.17. The van der Waals surface area contributed by atoms with Crippen LogP contribution in [0.1, 0.15) is 24.1 Å². The second-order valence-electron chi connectivity index (χ2n) is 5.30. The summed E-state index contributed by atoms with van der Waals surface area (Å²) in [5.74, 6) is 0. The summed E-state index contributed by atoms with van der Waals surface area (Å²) in [6.45, 7) is 7.13. The molecule has 0 saturated carbocycles. The molecule has 1 aromatic carbocycles. The molecule has 1 fully saturated rings. The summed E-state index contributed by atoms with van der Waals surface area (Å²) < 4.78 is 0. The third-order valence-electron chi connectivity index (χ3n) is 3.87. The number of hydrogen-bond donors (Lipinski definition) is 2. The lowest BCUT2D eigenvalue weighted by Crippen LogP contribution is -2.52. The van der Waals surface area contributed by atoms with Crippen LogP contribution in [0.2, 0.25) is 0 Å². The minimum absolute atomic E-state index is 0.217. The number of piperazine rings is 1. The molecule has 3 N–H and O–H groups in total. The van der Waals surface area contributed by atoms with Crippen LogP contribution >= 0.6 is 0 Å². The van der Waals surface area contributed by atoms with E-state index < -0.39 is 0 Å². The highest BCUT2D eigenvalue weighted by molar-refractivity contribution is 5.25. The summed E-state index contributed by atoms with van der Waals surface area (Å²) in [5.41, 5.74) is 12.1. The molecule has 1 saturated heterocycles. The van der Waals surface area contributed by atoms with Crippen molar-refractivity contribution >= 4 is 0 Å². The molecule has 1 aliphatic rings. The Hall–Kier alpha value is -0.940. The Kier molecular flexibility index (Phi) is 5.34. The Morgan fingerprint density at radius 2 is 1.79 bits per heavy atom. The average molecular weight is 262 g/mol. The summed E-state index contributed by atoms with van der Waals surface area (Å²) in [7, 11) is 2.17. The van der Waals surface area contributed by atoms with Crippen molar-refractivity contribution in [3.8, 4) is 0 Å². The molecule has 0 amide bonds. The van der Waals surface area contributed by atoms with Gasteiger partial charge in [0.05, 0.1) is 6.04 Å². The van der Waals surface area contributed by atoms with Gasteiger partial charge in [-0.3, -0.25) is 0 Å². The third kappa shape index (κ3) is 4.01. The van der Waals surface area contributed by atoms with Gasteiger partial charge < -0.3 is 10.6 Å². The summed E-state index contributed by atoms with van der Waals surface area (Å²) >= 11 is 0. The van der Waals surface area contributed by atoms with Crippen molar-refractivity contribution in [2.24, 2.45) is 5.73 Å². The summed E-state index contributed by atoms with van der Waals surface area (Å²) in [4.78, 5) is 2.35. The lowest BCUT2D eigenvalue weighted by atomic mass is 10.0. The van der Waals surface area contributed by atoms with Gasteiger partial charge in [0.25, 0.3) is 0 Å². The number of benzene rings is 1. The lowest BCUT2D eigenvalue weighted by molar-refractivity contribution is 0.0880. The van der Waals surface area contributed by atoms with E-state index in [9.17, 15) is 0 Å². The van der Waals surface area contributed by atoms with Crippen LogP contribution in [0.4, 0.5) is 0 Å². The summed E-state index contributed by atoms with van der Waals surface area (Å²) in [6, 6.07) is 9.00. The highest BCUT2D eigenvalue weighted by atomic mass is 15.5. The number of nitrogens with zero attached hydrogens (tertiary/aromatic N) is 2. The zero-order valence-corrected chi connectivity index (χ0v) is 12.1. The van der Waals surface area contributed by atoms with E-state index in [4.69, 9.17) is 5.73 Å². The fourth-order valence-corrected chi connectivity index (χ4v) is 2.40. The van der Waals surface area contributed by atoms with Crippen LogP contribution in [0.5, 0.6) is 0 Å². The van der Waals surface area contributed by atoms with Crippen molar-refractivity contribution in [2.75, 3.05) is 39.8 Å². The second-order valence-corrected chi connectivity index (χ2v) is 5.30. The van der Waals surface area contributed by atoms with E-state index in [1.165, 1.54) is 11.1 Å². The van der Waals surface area contributed by atoms with Gasteiger partial charge in [-0.2, -0.15) is 0 Å². The van der Waals surface area contributed by atoms with Gasteiger partial charge in [0.1, 0.15) is 0 Å². The van der Waals surface area contributed by atoms with Crippen molar-refractivity contribution in [1.29, 1.82) is 0 Å². The number of nitrogens with two attached hydrogens (primary N) is 1. The summed E-state index contributed by atoms with van der Waals surface area (Å²) in [5, 5.41) is 2.30. The van der Waals surface area contributed by atoms with E-state index >= 15 is 0 Å². The van der Waals surface area contributed by atoms with Gasteiger partial charge in [0.2, 0.25) is 0 Å². The molecule has 0 spiro atoms. The van der Waals surface area contributed by atoms with Crippen molar-refractivity contribution in [2.45, 2.75) is 19.4 Å². The minimum Gasteiger partial charge on any atom is -0.329 e. The van der Waals surface area contributed by atoms with E-state index in [1.54, 1.807) is 0 Å². The number of hydrogen-bond acceptors (Lipinski definition) is 4. The molecular weight excluding hydrogens is 236 g/mol. The molecule has 0 bridgehead atoms. The van der Waals surface area contributed by atoms with Gasteiger partial charge in [-0.1, -0.05) is 31.2 Å². The molecule has 0 aromatic heterocycles. The lowest BCUT2D eigenvalue weighted by Gasteiger charge is -2.35. The molecule has 4 heteroatoms. The Balaban J connectivity index is 1.95. The first-order valence-electron chi connectivity index (χ1n) is 7.21. The molecule has 4 nitrogen and oxygen atoms in total. The van der Waals surface area contributed by atoms with Gasteiger partial charge in [-0.15, -0.1) is 0 Å². The van der Waals surface area contributed by atoms with E-state index in [2.05, 4.69) is 53.6 Å². The largest absolute Gasteiger partial charge is 0.329 e. The van der Waals surface area contributed by atoms with Gasteiger partial charge >= 0.3 is 0 Å². The van der Waals surface area contributed by atoms with E-state index in [-0.39, 0.29) is 6.04 Å². The van der Waals surface area contributed by atoms with Crippen LogP contribution in [0, 0.1) is 0 Å². The van der Waals surface area contributed by atoms with Crippen LogP contribution in [0.25, 0.3) is 0 Å². The van der Waals surface area contributed by atoms with Gasteiger partial charge in [-0.25, -0.2) is 10.4 Å². The predicted molar refractivity (Wildman–Crippen MR) is 79.8 cm³/mol. The molecule has 19 heavy (non-hydrogen) atoms. The zero-order chi connectivity index (χ0) is 13.7. The monoisotopic (exact) mass is 262 g/mol. The Bertz CT molecular complexity index is 368. The van der Waals surface area contributed by atoms with Crippen molar-refractivity contribution in [1.82, 2.24) is 15.3 Å². The normalized spacial score (nSPS) is 19.5. The molecule has 1 atom stereocenters. The molecule has 2 rings (SSSR count). The molecular formula is C15H26N4. The predicted octanol–water partition coefficient (Wildman–Crippen LogP) is 1.00. The summed E-state index contributed by atoms with van der Waals surface area (Å²) in [6.07, 6.45) is 1.08. The van der Waals surface area contributed by atoms with Gasteiger partial charge in [0.15, 0.2) is 0 Å². The second kappa shape index (κ2) is 7.01. The fraction of sp³-hybridized carbons (Fsp3) is 0.600. The minimum atomic E-state index is 0.217. The Labute approximate surface area is 116 Å². The molecule has 106 valence electrons. The molecule has 1 unspecified atom stereocenters. The number of nitrogens with one attached hydrogen (secondary N) is 1. The standard InChI is InChI=1S/C15H26N4/c1-3-13-4-6-14(7-5-13)15(12-16)17-19-10-8-18(2)9-11-19/h4-7,15,17H,3,8-12,16H2,1-2H3. The first kappa shape index (κ1) is 14.5. The number of rotatable bonds is 5. The maximum absolute atomic E-state index is 5.92. The van der Waals surface area contributed by atoms with Gasteiger partial charge in [0, 0.05) is 32.7 Å². The van der Waals surface area contributed by atoms with E-state index in [0.717, 1.165) is 32.6 Å². The molecule has 0 aliphatic carbocycles. The van der Waals surface area contributed by atoms with Crippen molar-refractivity contribution in [3.05, 3.63) is 35.4 Å². The maximum atomic E-state index is 5.92. The Morgan fingerprint density at radius 1 is 1.16 bits per heavy atom. The smallest absolute Gasteiger partial charge is 0.0587 e. The van der Waals surface area contributed by atoms with Crippen LogP contribution in [-0.4, -0.2) is 49.7 Å². The van der Waals surface area contributed by atoms with Crippen molar-refractivity contribution < 1.29 is 0 Å². The topological polar surface area (TPSA) is 44.5 Å². The number of hydrazine groups is 1. The third-order valence-corrected chi connectivity index (χ3v) is 3.87. The first-order chi connectivity index (χ1) is 9.22. The average Bonchev–Trinajstić information content (AvgIpc) is 2.47. The van der Waals surface area contributed by atoms with Gasteiger partial charge in [-0.05, 0) is 24.6 Å². The molecule has 1 heterocycles. The molecule has 1 aromatic rings. The van der Waals surface area contributed by atoms with Crippen LogP contribution < -0.4 is 11.2 Å². The van der Waals surface area contributed by atoms with Crippen LogP contribution in [-0.2, 0) is 6.42 Å². The maximum Gasteiger partial charge on any atom is 0.0587 e. The number of likely N-dealkylation sites (N-methyl/N-ethyl adjacent to an activating group) is 1. The SMILES string of the molecule is CCc1ccc(C(CN)NN2CCN(C)CC2)cc1. The van der Waals surface area contributed by atoms with Crippen LogP contribution in [0.15, 0.2) is 24.3 Å². The van der Waals surface area contributed by atoms with E-state index in [0.29, 0.717) is 6.54 Å². The fourth-order valence-electron chi connectivity index (χ4n) is 2.40. The zero-order valence-electron chi connectivity index (χ0n) is 12.1. The first-order valence-corrected chi connectivity index (χ1v) is 7.21. The molecule has 1 aliphatic heterocycles.